The molecule has 2 heterocycles. The molecule has 1 aromatic rings. The molecule has 0 radical (unpaired) electrons. The molecule has 0 aromatic heterocycles. The number of amides is 4. The monoisotopic (exact) mass is 398 g/mol. The number of nitrogens with two attached hydrogens (primary N) is 1. The normalized spacial score (nSPS) is 21.3. The summed E-state index contributed by atoms with van der Waals surface area (Å²) in [7, 11) is 0. The van der Waals surface area contributed by atoms with Gasteiger partial charge in [-0.1, -0.05) is 36.9 Å². The molecule has 156 valence electrons. The minimum absolute atomic E-state index is 0.00870. The Labute approximate surface area is 171 Å². The molecular formula is C22H30N4O3. The highest BCUT2D eigenvalue weighted by atomic mass is 16.2. The number of benzene rings is 1. The van der Waals surface area contributed by atoms with E-state index in [1.165, 1.54) is 6.08 Å². The second-order valence-electron chi connectivity index (χ2n) is 7.98. The number of likely N-dealkylation sites (tertiary alicyclic amines) is 2. The number of hydrogen-bond donors (Lipinski definition) is 2. The van der Waals surface area contributed by atoms with Gasteiger partial charge in [-0.05, 0) is 43.2 Å². The average molecular weight is 399 g/mol. The minimum atomic E-state index is -0.656. The van der Waals surface area contributed by atoms with Crippen molar-refractivity contribution in [3.8, 4) is 0 Å². The number of carbonyl (C=O) groups excluding carboxylic acids is 3. The lowest BCUT2D eigenvalue weighted by molar-refractivity contribution is -0.134. The predicted octanol–water partition coefficient (Wildman–Crippen LogP) is 1.64. The van der Waals surface area contributed by atoms with E-state index in [9.17, 15) is 14.4 Å². The van der Waals surface area contributed by atoms with Crippen LogP contribution >= 0.6 is 0 Å². The molecule has 4 amide bonds. The summed E-state index contributed by atoms with van der Waals surface area (Å²) in [5, 5.41) is 3.14. The fraction of sp³-hybridized carbons (Fsp3) is 0.500. The number of piperidine rings is 2. The van der Waals surface area contributed by atoms with Crippen LogP contribution in [0.3, 0.4) is 0 Å². The molecular weight excluding hydrogens is 368 g/mol. The molecule has 2 aliphatic heterocycles. The maximum Gasteiger partial charge on any atom is 0.314 e. The van der Waals surface area contributed by atoms with Gasteiger partial charge in [0.05, 0.1) is 5.41 Å². The van der Waals surface area contributed by atoms with Gasteiger partial charge >= 0.3 is 6.03 Å². The van der Waals surface area contributed by atoms with Crippen LogP contribution in [0.5, 0.6) is 0 Å². The summed E-state index contributed by atoms with van der Waals surface area (Å²) in [6.07, 6.45) is 4.32. The number of nitrogens with zero attached hydrogens (tertiary/aromatic N) is 2. The van der Waals surface area contributed by atoms with Gasteiger partial charge in [0.15, 0.2) is 0 Å². The lowest BCUT2D eigenvalue weighted by atomic mass is 9.71. The van der Waals surface area contributed by atoms with E-state index < -0.39 is 11.4 Å². The molecule has 1 aromatic carbocycles. The summed E-state index contributed by atoms with van der Waals surface area (Å²) in [5.41, 5.74) is 5.73. The van der Waals surface area contributed by atoms with Crippen molar-refractivity contribution in [2.24, 2.45) is 11.7 Å². The van der Waals surface area contributed by atoms with Gasteiger partial charge in [0.1, 0.15) is 0 Å². The Morgan fingerprint density at radius 3 is 2.45 bits per heavy atom. The van der Waals surface area contributed by atoms with Crippen LogP contribution < -0.4 is 11.1 Å². The molecule has 0 bridgehead atoms. The lowest BCUT2D eigenvalue weighted by Gasteiger charge is -2.41. The Bertz CT molecular complexity index is 757. The van der Waals surface area contributed by atoms with E-state index in [-0.39, 0.29) is 17.7 Å². The van der Waals surface area contributed by atoms with E-state index in [0.717, 1.165) is 18.4 Å². The molecule has 29 heavy (non-hydrogen) atoms. The Kier molecular flexibility index (Phi) is 6.56. The molecule has 1 unspecified atom stereocenters. The molecule has 0 saturated carbocycles. The van der Waals surface area contributed by atoms with Crippen molar-refractivity contribution in [2.75, 3.05) is 32.7 Å². The largest absolute Gasteiger partial charge is 0.355 e. The zero-order valence-electron chi connectivity index (χ0n) is 16.8. The van der Waals surface area contributed by atoms with E-state index in [0.29, 0.717) is 45.6 Å². The summed E-state index contributed by atoms with van der Waals surface area (Å²) in [5.74, 6) is 0.0990. The van der Waals surface area contributed by atoms with E-state index in [4.69, 9.17) is 5.73 Å². The fourth-order valence-electron chi connectivity index (χ4n) is 4.48. The summed E-state index contributed by atoms with van der Waals surface area (Å²) in [6, 6.07) is 9.39. The predicted molar refractivity (Wildman–Crippen MR) is 111 cm³/mol. The van der Waals surface area contributed by atoms with Gasteiger partial charge in [-0.15, -0.1) is 0 Å². The van der Waals surface area contributed by atoms with Gasteiger partial charge in [-0.25, -0.2) is 4.79 Å². The van der Waals surface area contributed by atoms with Crippen molar-refractivity contribution in [3.05, 3.63) is 48.6 Å². The van der Waals surface area contributed by atoms with Gasteiger partial charge in [-0.2, -0.15) is 0 Å². The average Bonchev–Trinajstić information content (AvgIpc) is 2.77. The number of rotatable bonds is 5. The van der Waals surface area contributed by atoms with Crippen molar-refractivity contribution in [3.63, 3.8) is 0 Å². The van der Waals surface area contributed by atoms with Gasteiger partial charge in [-0.3, -0.25) is 9.59 Å². The summed E-state index contributed by atoms with van der Waals surface area (Å²) in [6.45, 7) is 6.38. The lowest BCUT2D eigenvalue weighted by Crippen LogP contribution is -2.54. The zero-order valence-corrected chi connectivity index (χ0v) is 16.8. The van der Waals surface area contributed by atoms with Crippen LogP contribution in [-0.4, -0.2) is 60.4 Å². The summed E-state index contributed by atoms with van der Waals surface area (Å²) in [4.78, 5) is 40.2. The van der Waals surface area contributed by atoms with Crippen LogP contribution in [-0.2, 0) is 15.0 Å². The van der Waals surface area contributed by atoms with Crippen LogP contribution in [0.1, 0.15) is 31.2 Å². The maximum atomic E-state index is 13.4. The van der Waals surface area contributed by atoms with Gasteiger partial charge in [0, 0.05) is 32.7 Å². The molecule has 2 saturated heterocycles. The molecule has 0 aliphatic carbocycles. The number of carbonyl (C=O) groups is 3. The van der Waals surface area contributed by atoms with Crippen molar-refractivity contribution in [1.29, 1.82) is 0 Å². The van der Waals surface area contributed by atoms with Gasteiger partial charge in [0.25, 0.3) is 0 Å². The Morgan fingerprint density at radius 2 is 1.83 bits per heavy atom. The number of urea groups is 1. The van der Waals surface area contributed by atoms with Gasteiger partial charge in [0.2, 0.25) is 11.8 Å². The van der Waals surface area contributed by atoms with E-state index in [1.807, 2.05) is 30.3 Å². The van der Waals surface area contributed by atoms with E-state index >= 15 is 0 Å². The molecule has 0 spiro atoms. The van der Waals surface area contributed by atoms with Crippen molar-refractivity contribution >= 4 is 17.8 Å². The zero-order chi connectivity index (χ0) is 20.9. The number of hydrogen-bond acceptors (Lipinski definition) is 3. The second kappa shape index (κ2) is 9.11. The summed E-state index contributed by atoms with van der Waals surface area (Å²) >= 11 is 0. The molecule has 7 nitrogen and oxygen atoms in total. The highest BCUT2D eigenvalue weighted by Crippen LogP contribution is 2.36. The van der Waals surface area contributed by atoms with Crippen molar-refractivity contribution in [2.45, 2.75) is 31.1 Å². The molecule has 2 fully saturated rings. The summed E-state index contributed by atoms with van der Waals surface area (Å²) < 4.78 is 0. The Hall–Kier alpha value is -2.83. The fourth-order valence-corrected chi connectivity index (χ4v) is 4.48. The first-order valence-corrected chi connectivity index (χ1v) is 10.3. The third kappa shape index (κ3) is 4.60. The van der Waals surface area contributed by atoms with Crippen LogP contribution in [0, 0.1) is 5.92 Å². The molecule has 3 N–H and O–H groups in total. The number of primary amides is 1. The highest BCUT2D eigenvalue weighted by Gasteiger charge is 2.43. The molecule has 2 aliphatic rings. The minimum Gasteiger partial charge on any atom is -0.355 e. The van der Waals surface area contributed by atoms with Crippen LogP contribution in [0.4, 0.5) is 4.79 Å². The quantitative estimate of drug-likeness (QED) is 0.738. The highest BCUT2D eigenvalue weighted by molar-refractivity contribution is 5.90. The maximum absolute atomic E-state index is 13.4. The van der Waals surface area contributed by atoms with Crippen molar-refractivity contribution < 1.29 is 14.4 Å². The molecule has 7 heteroatoms. The smallest absolute Gasteiger partial charge is 0.314 e. The van der Waals surface area contributed by atoms with E-state index in [2.05, 4.69) is 11.9 Å². The van der Waals surface area contributed by atoms with Crippen molar-refractivity contribution in [1.82, 2.24) is 15.1 Å². The van der Waals surface area contributed by atoms with E-state index in [1.54, 1.807) is 9.80 Å². The van der Waals surface area contributed by atoms with Gasteiger partial charge < -0.3 is 20.9 Å². The second-order valence-corrected chi connectivity index (χ2v) is 7.98. The third-order valence-corrected chi connectivity index (χ3v) is 6.25. The topological polar surface area (TPSA) is 95.7 Å². The first-order valence-electron chi connectivity index (χ1n) is 10.3. The third-order valence-electron chi connectivity index (χ3n) is 6.25. The standard InChI is InChI=1S/C22H30N4O3/c1-2-19(27)25-13-10-22(11-14-25,18-8-4-3-5-9-18)20(28)24-15-17-7-6-12-26(16-17)21(23)29/h2-5,8-9,17H,1,6-7,10-16H2,(H2,23,29)(H,24,28). The molecule has 3 rings (SSSR count). The first-order chi connectivity index (χ1) is 14.0. The van der Waals surface area contributed by atoms with Crippen LogP contribution in [0.15, 0.2) is 43.0 Å². The Morgan fingerprint density at radius 1 is 1.14 bits per heavy atom. The SMILES string of the molecule is C=CC(=O)N1CCC(C(=O)NCC2CCCN(C(N)=O)C2)(c2ccccc2)CC1. The van der Waals surface area contributed by atoms with Crippen LogP contribution in [0.25, 0.3) is 0 Å². The van der Waals surface area contributed by atoms with Crippen LogP contribution in [0.2, 0.25) is 0 Å². The number of nitrogens with one attached hydrogen (secondary N) is 1. The first kappa shape index (κ1) is 20.9. The molecule has 1 atom stereocenters. The Balaban J connectivity index is 1.70.